The monoisotopic (exact) mass is 152 g/mol. The fraction of sp³-hybridized carbons (Fsp3) is 0.125. The van der Waals surface area contributed by atoms with Gasteiger partial charge < -0.3 is 15.0 Å². The molecule has 3 heteroatoms. The van der Waals surface area contributed by atoms with Crippen LogP contribution in [0.2, 0.25) is 0 Å². The van der Waals surface area contributed by atoms with E-state index in [4.69, 9.17) is 10.2 Å². The number of rotatable bonds is 2. The quantitative estimate of drug-likeness (QED) is 0.617. The maximum Gasteiger partial charge on any atom is 0.124 e. The number of hydrogen-bond acceptors (Lipinski definition) is 3. The Balaban J connectivity index is 2.98. The molecule has 0 radical (unpaired) electrons. The molecule has 0 amide bonds. The first-order valence-electron chi connectivity index (χ1n) is 3.18. The largest absolute Gasteiger partial charge is 0.508 e. The molecule has 0 saturated heterocycles. The average molecular weight is 152 g/mol. The Morgan fingerprint density at radius 3 is 2.18 bits per heavy atom. The molecule has 0 atom stereocenters. The van der Waals surface area contributed by atoms with Gasteiger partial charge in [-0.25, -0.2) is 0 Å². The predicted octanol–water partition coefficient (Wildman–Crippen LogP) is 0.839. The molecule has 0 fully saturated rings. The van der Waals surface area contributed by atoms with E-state index >= 15 is 0 Å². The molecule has 0 spiro atoms. The lowest BCUT2D eigenvalue weighted by molar-refractivity contribution is -0.107. The minimum absolute atomic E-state index is 0.0261. The highest BCUT2D eigenvalue weighted by Crippen LogP contribution is 2.19. The molecule has 3 nitrogen and oxygen atoms in total. The molecule has 58 valence electrons. The smallest absolute Gasteiger partial charge is 0.124 e. The van der Waals surface area contributed by atoms with E-state index in [0.717, 1.165) is 0 Å². The van der Waals surface area contributed by atoms with Gasteiger partial charge in [-0.15, -0.1) is 0 Å². The summed E-state index contributed by atoms with van der Waals surface area (Å²) in [6.07, 6.45) is 0.927. The summed E-state index contributed by atoms with van der Waals surface area (Å²) in [4.78, 5) is 10.0. The Bertz CT molecular complexity index is 248. The number of phenols is 2. The molecule has 0 aliphatic rings. The lowest BCUT2D eigenvalue weighted by atomic mass is 10.1. The van der Waals surface area contributed by atoms with Crippen molar-refractivity contribution in [2.75, 3.05) is 0 Å². The van der Waals surface area contributed by atoms with Crippen molar-refractivity contribution >= 4 is 6.29 Å². The second-order valence-corrected chi connectivity index (χ2v) is 2.23. The molecule has 0 aliphatic carbocycles. The zero-order chi connectivity index (χ0) is 8.27. The molecular formula is C8H8O3. The van der Waals surface area contributed by atoms with Crippen molar-refractivity contribution in [1.29, 1.82) is 0 Å². The lowest BCUT2D eigenvalue weighted by Crippen LogP contribution is -1.84. The molecule has 11 heavy (non-hydrogen) atoms. The van der Waals surface area contributed by atoms with Gasteiger partial charge in [0, 0.05) is 12.5 Å². The predicted molar refractivity (Wildman–Crippen MR) is 39.5 cm³/mol. The fourth-order valence-electron chi connectivity index (χ4n) is 0.870. The Morgan fingerprint density at radius 1 is 1.18 bits per heavy atom. The van der Waals surface area contributed by atoms with Crippen LogP contribution in [0.15, 0.2) is 18.2 Å². The van der Waals surface area contributed by atoms with E-state index in [0.29, 0.717) is 11.8 Å². The lowest BCUT2D eigenvalue weighted by Gasteiger charge is -1.97. The number of phenolic OH excluding ortho intramolecular Hbond substituents is 2. The summed E-state index contributed by atoms with van der Waals surface area (Å²) >= 11 is 0. The third-order valence-electron chi connectivity index (χ3n) is 1.28. The van der Waals surface area contributed by atoms with E-state index in [1.807, 2.05) is 0 Å². The molecule has 0 aromatic heterocycles. The van der Waals surface area contributed by atoms with Gasteiger partial charge in [-0.3, -0.25) is 0 Å². The van der Waals surface area contributed by atoms with Crippen LogP contribution in [-0.4, -0.2) is 16.5 Å². The zero-order valence-electron chi connectivity index (χ0n) is 5.82. The first-order valence-corrected chi connectivity index (χ1v) is 3.18. The van der Waals surface area contributed by atoms with Gasteiger partial charge in [-0.05, 0) is 17.7 Å². The number of aldehydes is 1. The van der Waals surface area contributed by atoms with Crippen LogP contribution < -0.4 is 0 Å². The molecular weight excluding hydrogens is 144 g/mol. The first-order chi connectivity index (χ1) is 5.22. The van der Waals surface area contributed by atoms with Gasteiger partial charge in [0.15, 0.2) is 0 Å². The van der Waals surface area contributed by atoms with Crippen molar-refractivity contribution in [1.82, 2.24) is 0 Å². The maximum absolute atomic E-state index is 10.0. The SMILES string of the molecule is O=CCc1cc(O)cc(O)c1. The molecule has 0 saturated carbocycles. The summed E-state index contributed by atoms with van der Waals surface area (Å²) in [5, 5.41) is 17.9. The van der Waals surface area contributed by atoms with Gasteiger partial charge in [0.05, 0.1) is 0 Å². The Labute approximate surface area is 63.9 Å². The highest BCUT2D eigenvalue weighted by Gasteiger charge is 1.97. The van der Waals surface area contributed by atoms with E-state index in [1.165, 1.54) is 18.2 Å². The van der Waals surface area contributed by atoms with Crippen LogP contribution in [0.3, 0.4) is 0 Å². The fourth-order valence-corrected chi connectivity index (χ4v) is 0.870. The molecule has 2 N–H and O–H groups in total. The van der Waals surface area contributed by atoms with Crippen LogP contribution in [-0.2, 0) is 11.2 Å². The molecule has 0 heterocycles. The van der Waals surface area contributed by atoms with Crippen LogP contribution >= 0.6 is 0 Å². The van der Waals surface area contributed by atoms with E-state index in [1.54, 1.807) is 0 Å². The van der Waals surface area contributed by atoms with Gasteiger partial charge >= 0.3 is 0 Å². The average Bonchev–Trinajstić information content (AvgIpc) is 1.85. The molecule has 0 aliphatic heterocycles. The van der Waals surface area contributed by atoms with Crippen LogP contribution in [0.5, 0.6) is 11.5 Å². The molecule has 1 aromatic carbocycles. The van der Waals surface area contributed by atoms with Gasteiger partial charge in [-0.2, -0.15) is 0 Å². The topological polar surface area (TPSA) is 57.5 Å². The van der Waals surface area contributed by atoms with Gasteiger partial charge in [-0.1, -0.05) is 0 Å². The highest BCUT2D eigenvalue weighted by atomic mass is 16.3. The van der Waals surface area contributed by atoms with E-state index in [-0.39, 0.29) is 17.9 Å². The number of hydrogen-bond donors (Lipinski definition) is 2. The third-order valence-corrected chi connectivity index (χ3v) is 1.28. The second-order valence-electron chi connectivity index (χ2n) is 2.23. The van der Waals surface area contributed by atoms with Crippen molar-refractivity contribution < 1.29 is 15.0 Å². The summed E-state index contributed by atoms with van der Waals surface area (Å²) in [5.41, 5.74) is 0.609. The minimum Gasteiger partial charge on any atom is -0.508 e. The number of carbonyl (C=O) groups excluding carboxylic acids is 1. The summed E-state index contributed by atoms with van der Waals surface area (Å²) in [7, 11) is 0. The van der Waals surface area contributed by atoms with Crippen molar-refractivity contribution in [2.24, 2.45) is 0 Å². The van der Waals surface area contributed by atoms with Crippen molar-refractivity contribution in [3.63, 3.8) is 0 Å². The minimum atomic E-state index is -0.0261. The van der Waals surface area contributed by atoms with E-state index in [2.05, 4.69) is 0 Å². The Morgan fingerprint density at radius 2 is 1.73 bits per heavy atom. The van der Waals surface area contributed by atoms with Crippen LogP contribution in [0.1, 0.15) is 5.56 Å². The molecule has 0 unspecified atom stereocenters. The summed E-state index contributed by atoms with van der Waals surface area (Å²) in [6.45, 7) is 0. The van der Waals surface area contributed by atoms with Crippen LogP contribution in [0.25, 0.3) is 0 Å². The maximum atomic E-state index is 10.0. The number of benzene rings is 1. The van der Waals surface area contributed by atoms with Gasteiger partial charge in [0.2, 0.25) is 0 Å². The summed E-state index contributed by atoms with van der Waals surface area (Å²) < 4.78 is 0. The van der Waals surface area contributed by atoms with Crippen molar-refractivity contribution in [3.05, 3.63) is 23.8 Å². The first kappa shape index (κ1) is 7.60. The van der Waals surface area contributed by atoms with Gasteiger partial charge in [0.1, 0.15) is 17.8 Å². The van der Waals surface area contributed by atoms with Crippen molar-refractivity contribution in [2.45, 2.75) is 6.42 Å². The summed E-state index contributed by atoms with van der Waals surface area (Å²) in [6, 6.07) is 4.09. The summed E-state index contributed by atoms with van der Waals surface area (Å²) in [5.74, 6) is -0.0521. The number of aromatic hydroxyl groups is 2. The molecule has 1 rings (SSSR count). The Kier molecular flexibility index (Phi) is 2.11. The normalized spacial score (nSPS) is 9.45. The molecule has 0 bridgehead atoms. The van der Waals surface area contributed by atoms with E-state index in [9.17, 15) is 4.79 Å². The van der Waals surface area contributed by atoms with Gasteiger partial charge in [0.25, 0.3) is 0 Å². The highest BCUT2D eigenvalue weighted by molar-refractivity contribution is 5.56. The van der Waals surface area contributed by atoms with Crippen LogP contribution in [0, 0.1) is 0 Å². The molecule has 1 aromatic rings. The number of carbonyl (C=O) groups is 1. The third kappa shape index (κ3) is 1.97. The second kappa shape index (κ2) is 3.05. The van der Waals surface area contributed by atoms with Crippen LogP contribution in [0.4, 0.5) is 0 Å². The van der Waals surface area contributed by atoms with Crippen molar-refractivity contribution in [3.8, 4) is 11.5 Å². The van der Waals surface area contributed by atoms with E-state index < -0.39 is 0 Å². The Hall–Kier alpha value is -1.51. The zero-order valence-corrected chi connectivity index (χ0v) is 5.82. The standard InChI is InChI=1S/C8H8O3/c9-2-1-6-3-7(10)5-8(11)4-6/h2-5,10-11H,1H2.